The molecule has 1 aromatic rings. The van der Waals surface area contributed by atoms with Gasteiger partial charge in [-0.1, -0.05) is 0 Å². The molecule has 4 heterocycles. The third-order valence-electron chi connectivity index (χ3n) is 5.75. The number of nitrogens with zero attached hydrogens (tertiary/aromatic N) is 4. The molecule has 0 spiro atoms. The van der Waals surface area contributed by atoms with Crippen LogP contribution < -0.4 is 10.6 Å². The number of fused-ring (bicyclic) bond motifs is 4. The molecule has 0 aliphatic carbocycles. The van der Waals surface area contributed by atoms with Gasteiger partial charge in [-0.2, -0.15) is 0 Å². The van der Waals surface area contributed by atoms with Crippen LogP contribution in [-0.4, -0.2) is 47.6 Å². The lowest BCUT2D eigenvalue weighted by atomic mass is 9.97. The summed E-state index contributed by atoms with van der Waals surface area (Å²) in [6.07, 6.45) is 8.09. The molecule has 3 aliphatic heterocycles. The zero-order chi connectivity index (χ0) is 14.4. The molecule has 21 heavy (non-hydrogen) atoms. The Balaban J connectivity index is 1.56. The molecule has 2 atom stereocenters. The first-order valence-corrected chi connectivity index (χ1v) is 8.29. The van der Waals surface area contributed by atoms with Crippen LogP contribution in [0.15, 0.2) is 6.20 Å². The van der Waals surface area contributed by atoms with Crippen LogP contribution in [0.3, 0.4) is 0 Å². The highest BCUT2D eigenvalue weighted by molar-refractivity contribution is 5.37. The van der Waals surface area contributed by atoms with Crippen molar-refractivity contribution in [1.82, 2.24) is 14.9 Å². The largest absolute Gasteiger partial charge is 0.341 e. The maximum Gasteiger partial charge on any atom is 0.225 e. The van der Waals surface area contributed by atoms with Crippen molar-refractivity contribution < 1.29 is 0 Å². The van der Waals surface area contributed by atoms with Crippen molar-refractivity contribution in [2.75, 3.05) is 31.6 Å². The Morgan fingerprint density at radius 1 is 1.24 bits per heavy atom. The Morgan fingerprint density at radius 2 is 2.05 bits per heavy atom. The lowest BCUT2D eigenvalue weighted by Crippen LogP contribution is -2.38. The number of likely N-dealkylation sites (N-methyl/N-ethyl adjacent to an activating group) is 1. The van der Waals surface area contributed by atoms with Gasteiger partial charge in [0.25, 0.3) is 0 Å². The van der Waals surface area contributed by atoms with E-state index >= 15 is 0 Å². The summed E-state index contributed by atoms with van der Waals surface area (Å²) in [6, 6.07) is 1.24. The van der Waals surface area contributed by atoms with Gasteiger partial charge in [-0.05, 0) is 45.2 Å². The van der Waals surface area contributed by atoms with Crippen LogP contribution in [0.2, 0.25) is 0 Å². The molecule has 2 bridgehead atoms. The summed E-state index contributed by atoms with van der Waals surface area (Å²) in [6.45, 7) is 2.91. The normalized spacial score (nSPS) is 29.7. The predicted molar refractivity (Wildman–Crippen MR) is 83.3 cm³/mol. The van der Waals surface area contributed by atoms with Crippen LogP contribution in [0.1, 0.15) is 43.0 Å². The number of piperidine rings is 1. The first-order valence-electron chi connectivity index (χ1n) is 8.29. The Morgan fingerprint density at radius 3 is 2.81 bits per heavy atom. The molecule has 5 heteroatoms. The smallest absolute Gasteiger partial charge is 0.225 e. The molecular formula is C16H25N5. The number of aromatic nitrogens is 2. The van der Waals surface area contributed by atoms with Crippen LogP contribution in [0.5, 0.6) is 0 Å². The summed E-state index contributed by atoms with van der Waals surface area (Å²) >= 11 is 0. The van der Waals surface area contributed by atoms with Gasteiger partial charge in [0.1, 0.15) is 0 Å². The van der Waals surface area contributed by atoms with Gasteiger partial charge >= 0.3 is 0 Å². The van der Waals surface area contributed by atoms with E-state index in [1.807, 2.05) is 0 Å². The second-order valence-electron chi connectivity index (χ2n) is 6.85. The van der Waals surface area contributed by atoms with E-state index in [1.54, 1.807) is 0 Å². The molecule has 2 saturated heterocycles. The number of hydrogen-bond acceptors (Lipinski definition) is 5. The van der Waals surface area contributed by atoms with E-state index in [-0.39, 0.29) is 0 Å². The van der Waals surface area contributed by atoms with Crippen molar-refractivity contribution >= 4 is 5.95 Å². The van der Waals surface area contributed by atoms with Crippen LogP contribution in [0.25, 0.3) is 0 Å². The fourth-order valence-corrected chi connectivity index (χ4v) is 4.23. The van der Waals surface area contributed by atoms with E-state index in [9.17, 15) is 0 Å². The fourth-order valence-electron chi connectivity index (χ4n) is 4.23. The van der Waals surface area contributed by atoms with E-state index in [0.29, 0.717) is 18.0 Å². The van der Waals surface area contributed by atoms with E-state index in [1.165, 1.54) is 36.9 Å². The summed E-state index contributed by atoms with van der Waals surface area (Å²) in [7, 11) is 2.25. The Hall–Kier alpha value is -1.20. The van der Waals surface area contributed by atoms with Gasteiger partial charge in [-0.25, -0.2) is 9.97 Å². The Labute approximate surface area is 126 Å². The van der Waals surface area contributed by atoms with Crippen molar-refractivity contribution in [2.24, 2.45) is 11.7 Å². The van der Waals surface area contributed by atoms with Gasteiger partial charge in [-0.3, -0.25) is 4.90 Å². The molecule has 2 fully saturated rings. The van der Waals surface area contributed by atoms with Gasteiger partial charge in [0.15, 0.2) is 0 Å². The molecule has 0 radical (unpaired) electrons. The molecule has 0 saturated carbocycles. The van der Waals surface area contributed by atoms with Crippen molar-refractivity contribution in [2.45, 2.75) is 44.2 Å². The summed E-state index contributed by atoms with van der Waals surface area (Å²) < 4.78 is 0. The monoisotopic (exact) mass is 287 g/mol. The third-order valence-corrected chi connectivity index (χ3v) is 5.75. The Bertz CT molecular complexity index is 523. The van der Waals surface area contributed by atoms with E-state index in [4.69, 9.17) is 10.7 Å². The summed E-state index contributed by atoms with van der Waals surface area (Å²) in [5.74, 6) is 1.62. The quantitative estimate of drug-likeness (QED) is 0.889. The average molecular weight is 287 g/mol. The number of nitrogens with two attached hydrogens (primary N) is 1. The second kappa shape index (κ2) is 5.21. The average Bonchev–Trinajstić information content (AvgIpc) is 2.78. The summed E-state index contributed by atoms with van der Waals surface area (Å²) in [5, 5.41) is 0. The maximum atomic E-state index is 5.77. The van der Waals surface area contributed by atoms with Crippen LogP contribution in [0, 0.1) is 5.92 Å². The number of anilines is 1. The molecule has 1 aromatic heterocycles. The first-order chi connectivity index (χ1) is 10.3. The van der Waals surface area contributed by atoms with Crippen molar-refractivity contribution in [1.29, 1.82) is 0 Å². The molecular weight excluding hydrogens is 262 g/mol. The zero-order valence-electron chi connectivity index (χ0n) is 12.8. The van der Waals surface area contributed by atoms with Crippen molar-refractivity contribution in [3.63, 3.8) is 0 Å². The fraction of sp³-hybridized carbons (Fsp3) is 0.750. The maximum absolute atomic E-state index is 5.77. The lowest BCUT2D eigenvalue weighted by molar-refractivity contribution is 0.221. The molecule has 0 amide bonds. The first kappa shape index (κ1) is 13.5. The summed E-state index contributed by atoms with van der Waals surface area (Å²) in [5.41, 5.74) is 8.44. The third kappa shape index (κ3) is 2.23. The molecule has 2 N–H and O–H groups in total. The molecule has 2 unspecified atom stereocenters. The standard InChI is InChI=1S/C16H25N5/c1-20-12-2-3-15(20)13-10-18-16(19-14(13)8-12)21-6-4-11(9-17)5-7-21/h10-12,15H,2-9,17H2,1H3. The van der Waals surface area contributed by atoms with Crippen LogP contribution in [0.4, 0.5) is 5.95 Å². The SMILES string of the molecule is CN1C2CCC1c1cnc(N3CCC(CN)CC3)nc1C2. The van der Waals surface area contributed by atoms with Gasteiger partial charge in [0.2, 0.25) is 5.95 Å². The molecule has 4 rings (SSSR count). The van der Waals surface area contributed by atoms with Crippen LogP contribution >= 0.6 is 0 Å². The van der Waals surface area contributed by atoms with Gasteiger partial charge in [-0.15, -0.1) is 0 Å². The Kier molecular flexibility index (Phi) is 3.34. The highest BCUT2D eigenvalue weighted by atomic mass is 15.3. The van der Waals surface area contributed by atoms with Crippen LogP contribution in [-0.2, 0) is 6.42 Å². The highest BCUT2D eigenvalue weighted by Gasteiger charge is 2.38. The van der Waals surface area contributed by atoms with Crippen molar-refractivity contribution in [3.05, 3.63) is 17.5 Å². The predicted octanol–water partition coefficient (Wildman–Crippen LogP) is 1.34. The van der Waals surface area contributed by atoms with E-state index in [2.05, 4.69) is 28.0 Å². The second-order valence-corrected chi connectivity index (χ2v) is 6.85. The van der Waals surface area contributed by atoms with Gasteiger partial charge < -0.3 is 10.6 Å². The van der Waals surface area contributed by atoms with Gasteiger partial charge in [0.05, 0.1) is 5.69 Å². The van der Waals surface area contributed by atoms with E-state index in [0.717, 1.165) is 32.0 Å². The molecule has 0 aromatic carbocycles. The van der Waals surface area contributed by atoms with Crippen molar-refractivity contribution in [3.8, 4) is 0 Å². The topological polar surface area (TPSA) is 58.3 Å². The minimum atomic E-state index is 0.552. The number of rotatable bonds is 2. The summed E-state index contributed by atoms with van der Waals surface area (Å²) in [4.78, 5) is 14.4. The van der Waals surface area contributed by atoms with E-state index < -0.39 is 0 Å². The minimum absolute atomic E-state index is 0.552. The minimum Gasteiger partial charge on any atom is -0.341 e. The molecule has 114 valence electrons. The highest BCUT2D eigenvalue weighted by Crippen LogP contribution is 2.41. The molecule has 5 nitrogen and oxygen atoms in total. The number of hydrogen-bond donors (Lipinski definition) is 1. The zero-order valence-corrected chi connectivity index (χ0v) is 12.8. The molecule has 3 aliphatic rings. The lowest BCUT2D eigenvalue weighted by Gasteiger charge is -2.34. The van der Waals surface area contributed by atoms with Gasteiger partial charge in [0, 0.05) is 43.4 Å².